The Kier molecular flexibility index (Phi) is 1.34. The van der Waals surface area contributed by atoms with Gasteiger partial charge in [-0.15, -0.1) is 0 Å². The molecule has 1 aliphatic heterocycles. The van der Waals surface area contributed by atoms with Crippen molar-refractivity contribution in [3.8, 4) is 0 Å². The van der Waals surface area contributed by atoms with Gasteiger partial charge >= 0.3 is 45.2 Å². The van der Waals surface area contributed by atoms with Crippen molar-refractivity contribution in [2.24, 2.45) is 0 Å². The first-order valence-corrected chi connectivity index (χ1v) is 5.35. The van der Waals surface area contributed by atoms with Gasteiger partial charge in [0.05, 0.1) is 0 Å². The van der Waals surface area contributed by atoms with Gasteiger partial charge in [0.2, 0.25) is 0 Å². The Hall–Kier alpha value is 0.977. The zero-order chi connectivity index (χ0) is 3.70. The van der Waals surface area contributed by atoms with Crippen molar-refractivity contribution in [2.45, 2.75) is 9.66 Å². The first kappa shape index (κ1) is 4.14. The van der Waals surface area contributed by atoms with Crippen LogP contribution in [-0.4, -0.2) is 35.6 Å². The molecule has 1 aliphatic rings. The van der Waals surface area contributed by atoms with Gasteiger partial charge in [0, 0.05) is 0 Å². The molecule has 1 saturated heterocycles. The summed E-state index contributed by atoms with van der Waals surface area (Å²) < 4.78 is 1.12. The topological polar surface area (TPSA) is 0 Å². The summed E-state index contributed by atoms with van der Waals surface area (Å²) in [5, 5.41) is 0. The second-order valence-corrected chi connectivity index (χ2v) is 8.61. The van der Waals surface area contributed by atoms with Gasteiger partial charge < -0.3 is 0 Å². The second-order valence-electron chi connectivity index (χ2n) is 1.02. The Morgan fingerprint density at radius 3 is 2.00 bits per heavy atom. The van der Waals surface area contributed by atoms with Crippen molar-refractivity contribution >= 4 is 35.6 Å². The third kappa shape index (κ3) is 0.906. The van der Waals surface area contributed by atoms with Crippen molar-refractivity contribution in [1.82, 2.24) is 0 Å². The van der Waals surface area contributed by atoms with Crippen LogP contribution in [0.5, 0.6) is 0 Å². The maximum absolute atomic E-state index is 2.33. The fourth-order valence-corrected chi connectivity index (χ4v) is 5.69. The molecule has 23 valence electrons. The van der Waals surface area contributed by atoms with Gasteiger partial charge in [0.15, 0.2) is 0 Å². The van der Waals surface area contributed by atoms with E-state index in [1.165, 1.54) is 19.0 Å². The van der Waals surface area contributed by atoms with E-state index >= 15 is 0 Å². The molecular weight excluding hydrogens is 153 g/mol. The zero-order valence-corrected chi connectivity index (χ0v) is 6.88. The normalized spacial score (nSPS) is 25.8. The Morgan fingerprint density at radius 1 is 1.60 bits per heavy atom. The van der Waals surface area contributed by atoms with Crippen LogP contribution in [0.15, 0.2) is 0 Å². The fourth-order valence-electron chi connectivity index (χ4n) is 0.204. The molecule has 0 aromatic carbocycles. The van der Waals surface area contributed by atoms with E-state index in [4.69, 9.17) is 0 Å². The van der Waals surface area contributed by atoms with E-state index in [2.05, 4.69) is 16.5 Å². The minimum absolute atomic E-state index is 1.12. The van der Waals surface area contributed by atoms with Crippen LogP contribution in [-0.2, 0) is 0 Å². The molecule has 3 heteroatoms. The van der Waals surface area contributed by atoms with E-state index in [-0.39, 0.29) is 0 Å². The second kappa shape index (κ2) is 1.62. The van der Waals surface area contributed by atoms with Crippen LogP contribution in [0.4, 0.5) is 0 Å². The summed E-state index contributed by atoms with van der Waals surface area (Å²) in [6.07, 6.45) is 0. The molecule has 0 aromatic heterocycles. The molecule has 0 atom stereocenters. The van der Waals surface area contributed by atoms with Gasteiger partial charge in [0.1, 0.15) is 0 Å². The summed E-state index contributed by atoms with van der Waals surface area (Å²) in [6, 6.07) is 0. The standard InChI is InChI=1S/C2H3GeSi2/c3-2-4-1-5-2/h2H,1H2. The summed E-state index contributed by atoms with van der Waals surface area (Å²) in [4.78, 5) is 0. The zero-order valence-electron chi connectivity index (χ0n) is 2.78. The first-order valence-electron chi connectivity index (χ1n) is 1.57. The van der Waals surface area contributed by atoms with Crippen molar-refractivity contribution in [2.75, 3.05) is 0 Å². The molecule has 0 amide bonds. The molecule has 0 unspecified atom stereocenters. The summed E-state index contributed by atoms with van der Waals surface area (Å²) in [5.41, 5.74) is 1.54. The van der Waals surface area contributed by atoms with Gasteiger partial charge in [-0.1, -0.05) is 0 Å². The van der Waals surface area contributed by atoms with Crippen LogP contribution in [0.3, 0.4) is 0 Å². The average molecular weight is 156 g/mol. The summed E-state index contributed by atoms with van der Waals surface area (Å²) >= 11 is 2.33. The van der Waals surface area contributed by atoms with Gasteiger partial charge in [-0.3, -0.25) is 0 Å². The van der Waals surface area contributed by atoms with E-state index in [9.17, 15) is 0 Å². The molecule has 0 aromatic rings. The molecular formula is C2H3GeSi2. The Labute approximate surface area is 45.6 Å². The fraction of sp³-hybridized carbons (Fsp3) is 1.00. The van der Waals surface area contributed by atoms with E-state index in [0.29, 0.717) is 0 Å². The summed E-state index contributed by atoms with van der Waals surface area (Å²) in [5.74, 6) is 0. The van der Waals surface area contributed by atoms with Crippen molar-refractivity contribution in [3.05, 3.63) is 0 Å². The van der Waals surface area contributed by atoms with Crippen molar-refractivity contribution in [1.29, 1.82) is 0 Å². The molecule has 7 radical (unpaired) electrons. The molecule has 1 fully saturated rings. The molecule has 1 rings (SSSR count). The minimum atomic E-state index is 1.12. The van der Waals surface area contributed by atoms with E-state index < -0.39 is 0 Å². The van der Waals surface area contributed by atoms with Gasteiger partial charge in [0.25, 0.3) is 0 Å². The van der Waals surface area contributed by atoms with Crippen molar-refractivity contribution in [3.63, 3.8) is 0 Å². The number of hydrogen-bond acceptors (Lipinski definition) is 0. The van der Waals surface area contributed by atoms with E-state index in [1.807, 2.05) is 0 Å². The Morgan fingerprint density at radius 2 is 2.00 bits per heavy atom. The first-order chi connectivity index (χ1) is 2.39. The van der Waals surface area contributed by atoms with E-state index in [1.54, 1.807) is 5.67 Å². The Balaban J connectivity index is 2.08. The van der Waals surface area contributed by atoms with E-state index in [0.717, 1.165) is 4.00 Å². The molecule has 0 nitrogen and oxygen atoms in total. The molecule has 0 N–H and O–H groups in total. The van der Waals surface area contributed by atoms with Crippen LogP contribution in [0, 0.1) is 0 Å². The monoisotopic (exact) mass is 157 g/mol. The number of rotatable bonds is 0. The van der Waals surface area contributed by atoms with Crippen LogP contribution in [0.1, 0.15) is 0 Å². The van der Waals surface area contributed by atoms with Gasteiger partial charge in [-0.25, -0.2) is 0 Å². The summed E-state index contributed by atoms with van der Waals surface area (Å²) in [7, 11) is 2.61. The number of hydrogen-bond donors (Lipinski definition) is 0. The quantitative estimate of drug-likeness (QED) is 0.420. The SMILES string of the molecule is [Ge][CH]1[Si]C[Si]1. The van der Waals surface area contributed by atoms with Crippen LogP contribution in [0.25, 0.3) is 0 Å². The molecule has 0 spiro atoms. The molecule has 1 heterocycles. The van der Waals surface area contributed by atoms with Crippen LogP contribution >= 0.6 is 0 Å². The van der Waals surface area contributed by atoms with Gasteiger partial charge in [-0.05, 0) is 0 Å². The van der Waals surface area contributed by atoms with Crippen LogP contribution in [0.2, 0.25) is 9.66 Å². The molecule has 0 saturated carbocycles. The predicted octanol–water partition coefficient (Wildman–Crippen LogP) is -0.344. The summed E-state index contributed by atoms with van der Waals surface area (Å²) in [6.45, 7) is 0. The van der Waals surface area contributed by atoms with Crippen molar-refractivity contribution < 1.29 is 0 Å². The molecule has 5 heavy (non-hydrogen) atoms. The third-order valence-electron chi connectivity index (χ3n) is 0.612. The Bertz CT molecular complexity index is 34.6. The van der Waals surface area contributed by atoms with Crippen LogP contribution < -0.4 is 0 Å². The maximum atomic E-state index is 2.33. The molecule has 0 bridgehead atoms. The average Bonchev–Trinajstić information content (AvgIpc) is 1.30. The van der Waals surface area contributed by atoms with Gasteiger partial charge in [-0.2, -0.15) is 0 Å². The molecule has 0 aliphatic carbocycles. The predicted molar refractivity (Wildman–Crippen MR) is 25.8 cm³/mol. The third-order valence-corrected chi connectivity index (χ3v) is 6.86.